The van der Waals surface area contributed by atoms with E-state index in [1.54, 1.807) is 0 Å². The molecule has 0 aromatic carbocycles. The molecule has 1 saturated heterocycles. The molecule has 120 valence electrons. The fourth-order valence-electron chi connectivity index (χ4n) is 3.31. The second kappa shape index (κ2) is 7.97. The Balaban J connectivity index is 1.88. The van der Waals surface area contributed by atoms with E-state index < -0.39 is 0 Å². The van der Waals surface area contributed by atoms with E-state index in [1.807, 2.05) is 0 Å². The van der Waals surface area contributed by atoms with Crippen LogP contribution < -0.4 is 5.32 Å². The Kier molecular flexibility index (Phi) is 6.27. The van der Waals surface area contributed by atoms with Gasteiger partial charge in [0.05, 0.1) is 6.54 Å². The van der Waals surface area contributed by atoms with Crippen molar-refractivity contribution in [1.29, 1.82) is 0 Å². The molecule has 0 amide bonds. The molecule has 1 fully saturated rings. The second-order valence-corrected chi connectivity index (χ2v) is 5.97. The van der Waals surface area contributed by atoms with Crippen LogP contribution in [0.4, 0.5) is 0 Å². The molecule has 1 aromatic heterocycles. The summed E-state index contributed by atoms with van der Waals surface area (Å²) in [6.45, 7) is 16.2. The van der Waals surface area contributed by atoms with Gasteiger partial charge in [-0.25, -0.2) is 0 Å². The summed E-state index contributed by atoms with van der Waals surface area (Å²) in [5.74, 6) is 2.17. The van der Waals surface area contributed by atoms with E-state index in [0.29, 0.717) is 0 Å². The van der Waals surface area contributed by atoms with Gasteiger partial charge in [0, 0.05) is 31.2 Å². The van der Waals surface area contributed by atoms with E-state index in [9.17, 15) is 0 Å². The van der Waals surface area contributed by atoms with Crippen molar-refractivity contribution in [3.05, 3.63) is 23.2 Å². The third kappa shape index (κ3) is 4.31. The molecule has 21 heavy (non-hydrogen) atoms. The number of furan rings is 1. The standard InChI is InChI=1S/C17H31N3O/c1-5-18-11-15-10-17(21-14(15)4)13-19-9-8-16(12-19)20(6-2)7-3/h10,16,18H,5-9,11-13H2,1-4H3. The predicted molar refractivity (Wildman–Crippen MR) is 87.4 cm³/mol. The fraction of sp³-hybridized carbons (Fsp3) is 0.765. The molecule has 1 aliphatic heterocycles. The fourth-order valence-corrected chi connectivity index (χ4v) is 3.31. The van der Waals surface area contributed by atoms with Gasteiger partial charge in [0.15, 0.2) is 0 Å². The van der Waals surface area contributed by atoms with Crippen molar-refractivity contribution in [3.63, 3.8) is 0 Å². The van der Waals surface area contributed by atoms with Gasteiger partial charge in [-0.3, -0.25) is 9.80 Å². The highest BCUT2D eigenvalue weighted by Gasteiger charge is 2.26. The second-order valence-electron chi connectivity index (χ2n) is 5.97. The van der Waals surface area contributed by atoms with Crippen LogP contribution in [-0.4, -0.2) is 48.6 Å². The van der Waals surface area contributed by atoms with Crippen LogP contribution in [0.1, 0.15) is 44.3 Å². The molecule has 0 spiro atoms. The van der Waals surface area contributed by atoms with Gasteiger partial charge in [-0.05, 0) is 39.0 Å². The van der Waals surface area contributed by atoms with Crippen LogP contribution in [0.3, 0.4) is 0 Å². The third-order valence-electron chi connectivity index (χ3n) is 4.59. The van der Waals surface area contributed by atoms with Crippen LogP contribution >= 0.6 is 0 Å². The Morgan fingerprint density at radius 2 is 2.10 bits per heavy atom. The van der Waals surface area contributed by atoms with Gasteiger partial charge in [-0.2, -0.15) is 0 Å². The SMILES string of the molecule is CCNCc1cc(CN2CCC(N(CC)CC)C2)oc1C. The molecule has 0 saturated carbocycles. The van der Waals surface area contributed by atoms with Gasteiger partial charge in [0.2, 0.25) is 0 Å². The summed E-state index contributed by atoms with van der Waals surface area (Å²) in [6, 6.07) is 2.94. The van der Waals surface area contributed by atoms with E-state index in [0.717, 1.165) is 50.3 Å². The van der Waals surface area contributed by atoms with Crippen molar-refractivity contribution in [1.82, 2.24) is 15.1 Å². The van der Waals surface area contributed by atoms with E-state index >= 15 is 0 Å². The molecule has 0 radical (unpaired) electrons. The number of rotatable bonds is 8. The zero-order valence-electron chi connectivity index (χ0n) is 14.1. The quantitative estimate of drug-likeness (QED) is 0.798. The highest BCUT2D eigenvalue weighted by atomic mass is 16.3. The van der Waals surface area contributed by atoms with Crippen molar-refractivity contribution in [2.75, 3.05) is 32.7 Å². The number of hydrogen-bond donors (Lipinski definition) is 1. The minimum absolute atomic E-state index is 0.720. The summed E-state index contributed by atoms with van der Waals surface area (Å²) >= 11 is 0. The Bertz CT molecular complexity index is 426. The first kappa shape index (κ1) is 16.5. The summed E-state index contributed by atoms with van der Waals surface area (Å²) in [6.07, 6.45) is 1.28. The van der Waals surface area contributed by atoms with E-state index in [-0.39, 0.29) is 0 Å². The van der Waals surface area contributed by atoms with Crippen molar-refractivity contribution in [3.8, 4) is 0 Å². The molecule has 4 nitrogen and oxygen atoms in total. The van der Waals surface area contributed by atoms with Crippen molar-refractivity contribution >= 4 is 0 Å². The molecule has 2 heterocycles. The maximum Gasteiger partial charge on any atom is 0.118 e. The molecule has 1 unspecified atom stereocenters. The molecule has 0 aliphatic carbocycles. The average Bonchev–Trinajstić information content (AvgIpc) is 3.06. The zero-order valence-corrected chi connectivity index (χ0v) is 14.1. The van der Waals surface area contributed by atoms with Crippen LogP contribution in [0.25, 0.3) is 0 Å². The Morgan fingerprint density at radius 1 is 1.33 bits per heavy atom. The maximum atomic E-state index is 5.93. The summed E-state index contributed by atoms with van der Waals surface area (Å²) in [7, 11) is 0. The first-order valence-corrected chi connectivity index (χ1v) is 8.43. The number of likely N-dealkylation sites (N-methyl/N-ethyl adjacent to an activating group) is 1. The monoisotopic (exact) mass is 293 g/mol. The lowest BCUT2D eigenvalue weighted by molar-refractivity contribution is 0.204. The minimum Gasteiger partial charge on any atom is -0.465 e. The molecule has 1 atom stereocenters. The highest BCUT2D eigenvalue weighted by Crippen LogP contribution is 2.21. The van der Waals surface area contributed by atoms with Gasteiger partial charge in [-0.1, -0.05) is 20.8 Å². The molecule has 1 aromatic rings. The highest BCUT2D eigenvalue weighted by molar-refractivity contribution is 5.20. The van der Waals surface area contributed by atoms with Gasteiger partial charge in [0.25, 0.3) is 0 Å². The molecular formula is C17H31N3O. The summed E-state index contributed by atoms with van der Waals surface area (Å²) < 4.78 is 5.93. The number of nitrogens with zero attached hydrogens (tertiary/aromatic N) is 2. The number of hydrogen-bond acceptors (Lipinski definition) is 4. The van der Waals surface area contributed by atoms with Crippen molar-refractivity contribution < 1.29 is 4.42 Å². The first-order valence-electron chi connectivity index (χ1n) is 8.43. The zero-order chi connectivity index (χ0) is 15.2. The first-order chi connectivity index (χ1) is 10.2. The molecule has 1 aliphatic rings. The molecule has 1 N–H and O–H groups in total. The molecule has 0 bridgehead atoms. The average molecular weight is 293 g/mol. The largest absolute Gasteiger partial charge is 0.465 e. The van der Waals surface area contributed by atoms with Crippen molar-refractivity contribution in [2.24, 2.45) is 0 Å². The van der Waals surface area contributed by atoms with Crippen LogP contribution in [0.2, 0.25) is 0 Å². The number of nitrogens with one attached hydrogen (secondary N) is 1. The summed E-state index contributed by atoms with van der Waals surface area (Å²) in [5, 5.41) is 3.37. The molecule has 4 heteroatoms. The lowest BCUT2D eigenvalue weighted by Gasteiger charge is -2.26. The Hall–Kier alpha value is -0.840. The van der Waals surface area contributed by atoms with Gasteiger partial charge >= 0.3 is 0 Å². The van der Waals surface area contributed by atoms with E-state index in [1.165, 1.54) is 25.1 Å². The predicted octanol–water partition coefficient (Wildman–Crippen LogP) is 2.61. The topological polar surface area (TPSA) is 31.6 Å². The lowest BCUT2D eigenvalue weighted by atomic mass is 10.2. The Labute approximate surface area is 129 Å². The lowest BCUT2D eigenvalue weighted by Crippen LogP contribution is -2.37. The Morgan fingerprint density at radius 3 is 2.76 bits per heavy atom. The van der Waals surface area contributed by atoms with E-state index in [4.69, 9.17) is 4.42 Å². The van der Waals surface area contributed by atoms with E-state index in [2.05, 4.69) is 48.9 Å². The number of aryl methyl sites for hydroxylation is 1. The maximum absolute atomic E-state index is 5.93. The summed E-state index contributed by atoms with van der Waals surface area (Å²) in [4.78, 5) is 5.10. The van der Waals surface area contributed by atoms with Gasteiger partial charge in [0.1, 0.15) is 11.5 Å². The normalized spacial score (nSPS) is 19.8. The van der Waals surface area contributed by atoms with Gasteiger partial charge in [-0.15, -0.1) is 0 Å². The van der Waals surface area contributed by atoms with Gasteiger partial charge < -0.3 is 9.73 Å². The smallest absolute Gasteiger partial charge is 0.118 e. The third-order valence-corrected chi connectivity index (χ3v) is 4.59. The minimum atomic E-state index is 0.720. The van der Waals surface area contributed by atoms with Crippen LogP contribution in [-0.2, 0) is 13.1 Å². The van der Waals surface area contributed by atoms with Crippen LogP contribution in [0.15, 0.2) is 10.5 Å². The molecular weight excluding hydrogens is 262 g/mol. The number of likely N-dealkylation sites (tertiary alicyclic amines) is 1. The van der Waals surface area contributed by atoms with Crippen LogP contribution in [0.5, 0.6) is 0 Å². The van der Waals surface area contributed by atoms with Crippen molar-refractivity contribution in [2.45, 2.75) is 53.2 Å². The molecule has 2 rings (SSSR count). The van der Waals surface area contributed by atoms with Crippen LogP contribution in [0, 0.1) is 6.92 Å². The summed E-state index contributed by atoms with van der Waals surface area (Å²) in [5.41, 5.74) is 1.30.